The Labute approximate surface area is 88.2 Å². The van der Waals surface area contributed by atoms with Gasteiger partial charge < -0.3 is 5.11 Å². The molecule has 0 radical (unpaired) electrons. The number of thiophene rings is 1. The van der Waals surface area contributed by atoms with Crippen LogP contribution in [0.1, 0.15) is 15.2 Å². The van der Waals surface area contributed by atoms with E-state index in [0.29, 0.717) is 20.9 Å². The van der Waals surface area contributed by atoms with Crippen molar-refractivity contribution in [1.29, 1.82) is 0 Å². The molecule has 0 aliphatic rings. The molecule has 0 bridgehead atoms. The maximum atomic E-state index is 10.8. The highest BCUT2D eigenvalue weighted by molar-refractivity contribution is 7.20. The topological polar surface area (TPSA) is 63.1 Å². The molecule has 0 atom stereocenters. The fraction of sp³-hybridized carbons (Fsp3) is 0.125. The summed E-state index contributed by atoms with van der Waals surface area (Å²) in [5.41, 5.74) is 0.628. The van der Waals surface area contributed by atoms with E-state index in [1.807, 2.05) is 0 Å². The van der Waals surface area contributed by atoms with Gasteiger partial charge in [-0.3, -0.25) is 0 Å². The van der Waals surface area contributed by atoms with Crippen LogP contribution in [0, 0.1) is 6.92 Å². The zero-order valence-electron chi connectivity index (χ0n) is 7.11. The van der Waals surface area contributed by atoms with Crippen molar-refractivity contribution in [3.05, 3.63) is 21.9 Å². The van der Waals surface area contributed by atoms with E-state index in [-0.39, 0.29) is 4.88 Å². The van der Waals surface area contributed by atoms with E-state index in [1.165, 1.54) is 6.33 Å². The largest absolute Gasteiger partial charge is 0.477 e. The van der Waals surface area contributed by atoms with Crippen molar-refractivity contribution in [3.63, 3.8) is 0 Å². The normalized spacial score (nSPS) is 10.7. The monoisotopic (exact) mass is 228 g/mol. The van der Waals surface area contributed by atoms with Crippen molar-refractivity contribution in [2.75, 3.05) is 0 Å². The number of nitrogens with zero attached hydrogens (tertiary/aromatic N) is 2. The second kappa shape index (κ2) is 3.18. The minimum absolute atomic E-state index is 0.266. The van der Waals surface area contributed by atoms with Gasteiger partial charge in [-0.05, 0) is 12.5 Å². The van der Waals surface area contributed by atoms with Gasteiger partial charge in [0.1, 0.15) is 21.2 Å². The zero-order valence-corrected chi connectivity index (χ0v) is 8.69. The molecule has 14 heavy (non-hydrogen) atoms. The van der Waals surface area contributed by atoms with Crippen LogP contribution < -0.4 is 0 Å². The summed E-state index contributed by atoms with van der Waals surface area (Å²) in [7, 11) is 0. The number of rotatable bonds is 1. The molecule has 2 heterocycles. The van der Waals surface area contributed by atoms with Crippen LogP contribution in [0.3, 0.4) is 0 Å². The lowest BCUT2D eigenvalue weighted by molar-refractivity contribution is 0.0701. The predicted octanol–water partition coefficient (Wildman–Crippen LogP) is 2.35. The maximum Gasteiger partial charge on any atom is 0.346 e. The molecule has 0 amide bonds. The number of halogens is 1. The van der Waals surface area contributed by atoms with E-state index >= 15 is 0 Å². The first-order valence-corrected chi connectivity index (χ1v) is 4.93. The maximum absolute atomic E-state index is 10.8. The third kappa shape index (κ3) is 1.25. The molecule has 0 aliphatic heterocycles. The van der Waals surface area contributed by atoms with Gasteiger partial charge in [-0.15, -0.1) is 11.3 Å². The van der Waals surface area contributed by atoms with Gasteiger partial charge in [-0.25, -0.2) is 14.8 Å². The molecule has 0 saturated carbocycles. The van der Waals surface area contributed by atoms with Gasteiger partial charge in [-0.2, -0.15) is 0 Å². The molecule has 2 rings (SSSR count). The van der Waals surface area contributed by atoms with E-state index < -0.39 is 5.97 Å². The lowest BCUT2D eigenvalue weighted by Gasteiger charge is -1.93. The summed E-state index contributed by atoms with van der Waals surface area (Å²) < 4.78 is 0. The average Bonchev–Trinajstić information content (AvgIpc) is 2.45. The summed E-state index contributed by atoms with van der Waals surface area (Å²) in [6.45, 7) is 1.71. The number of carboxylic acids is 1. The number of aromatic nitrogens is 2. The molecule has 0 fully saturated rings. The van der Waals surface area contributed by atoms with E-state index in [2.05, 4.69) is 9.97 Å². The Morgan fingerprint density at radius 2 is 2.29 bits per heavy atom. The predicted molar refractivity (Wildman–Crippen MR) is 54.1 cm³/mol. The first kappa shape index (κ1) is 9.36. The first-order valence-electron chi connectivity index (χ1n) is 3.74. The van der Waals surface area contributed by atoms with Gasteiger partial charge in [0.15, 0.2) is 0 Å². The number of aryl methyl sites for hydroxylation is 1. The van der Waals surface area contributed by atoms with Gasteiger partial charge in [0.2, 0.25) is 0 Å². The molecular weight excluding hydrogens is 224 g/mol. The standard InChI is InChI=1S/C8H5ClN2O2S/c1-3-4-6(9)10-2-11-7(4)14-5(3)8(12)13/h2H,1H3,(H,12,13). The second-order valence-corrected chi connectivity index (χ2v) is 4.06. The van der Waals surface area contributed by atoms with E-state index in [9.17, 15) is 4.79 Å². The fourth-order valence-corrected chi connectivity index (χ4v) is 2.55. The third-order valence-electron chi connectivity index (χ3n) is 1.87. The summed E-state index contributed by atoms with van der Waals surface area (Å²) in [4.78, 5) is 19.5. The van der Waals surface area contributed by atoms with Crippen molar-refractivity contribution in [3.8, 4) is 0 Å². The van der Waals surface area contributed by atoms with Crippen LogP contribution in [0.5, 0.6) is 0 Å². The van der Waals surface area contributed by atoms with E-state index in [1.54, 1.807) is 6.92 Å². The van der Waals surface area contributed by atoms with Crippen LogP contribution in [0.2, 0.25) is 5.15 Å². The highest BCUT2D eigenvalue weighted by atomic mass is 35.5. The molecule has 0 aromatic carbocycles. The van der Waals surface area contributed by atoms with Crippen molar-refractivity contribution in [2.24, 2.45) is 0 Å². The van der Waals surface area contributed by atoms with Crippen molar-refractivity contribution < 1.29 is 9.90 Å². The number of hydrogen-bond acceptors (Lipinski definition) is 4. The SMILES string of the molecule is Cc1c(C(=O)O)sc2ncnc(Cl)c12. The summed E-state index contributed by atoms with van der Waals surface area (Å²) in [6.07, 6.45) is 1.33. The van der Waals surface area contributed by atoms with Gasteiger partial charge in [0.05, 0.1) is 5.39 Å². The summed E-state index contributed by atoms with van der Waals surface area (Å²) in [5.74, 6) is -0.957. The molecule has 0 aliphatic carbocycles. The van der Waals surface area contributed by atoms with Crippen LogP contribution in [-0.2, 0) is 0 Å². The quantitative estimate of drug-likeness (QED) is 0.761. The van der Waals surface area contributed by atoms with Crippen LogP contribution in [0.4, 0.5) is 0 Å². The molecule has 0 saturated heterocycles. The van der Waals surface area contributed by atoms with Gasteiger partial charge in [-0.1, -0.05) is 11.6 Å². The zero-order chi connectivity index (χ0) is 10.3. The van der Waals surface area contributed by atoms with E-state index in [0.717, 1.165) is 11.3 Å². The molecule has 6 heteroatoms. The molecular formula is C8H5ClN2O2S. The second-order valence-electron chi connectivity index (χ2n) is 2.71. The highest BCUT2D eigenvalue weighted by Crippen LogP contribution is 2.32. The van der Waals surface area contributed by atoms with Crippen molar-refractivity contribution >= 4 is 39.1 Å². The molecule has 2 aromatic rings. The third-order valence-corrected chi connectivity index (χ3v) is 3.35. The average molecular weight is 229 g/mol. The highest BCUT2D eigenvalue weighted by Gasteiger charge is 2.17. The van der Waals surface area contributed by atoms with Crippen LogP contribution in [0.15, 0.2) is 6.33 Å². The lowest BCUT2D eigenvalue weighted by Crippen LogP contribution is -1.93. The molecule has 0 unspecified atom stereocenters. The Bertz CT molecular complexity index is 523. The summed E-state index contributed by atoms with van der Waals surface area (Å²) in [6, 6.07) is 0. The number of carbonyl (C=O) groups is 1. The number of aromatic carboxylic acids is 1. The molecule has 2 aromatic heterocycles. The summed E-state index contributed by atoms with van der Waals surface area (Å²) >= 11 is 6.95. The first-order chi connectivity index (χ1) is 6.61. The van der Waals surface area contributed by atoms with Gasteiger partial charge >= 0.3 is 5.97 Å². The minimum Gasteiger partial charge on any atom is -0.477 e. The Morgan fingerprint density at radius 1 is 1.57 bits per heavy atom. The molecule has 1 N–H and O–H groups in total. The molecule has 0 spiro atoms. The molecule has 72 valence electrons. The number of fused-ring (bicyclic) bond motifs is 1. The lowest BCUT2D eigenvalue weighted by atomic mass is 10.2. The number of hydrogen-bond donors (Lipinski definition) is 1. The Balaban J connectivity index is 2.87. The fourth-order valence-electron chi connectivity index (χ4n) is 1.23. The molecule has 4 nitrogen and oxygen atoms in total. The van der Waals surface area contributed by atoms with Gasteiger partial charge in [0.25, 0.3) is 0 Å². The van der Waals surface area contributed by atoms with Gasteiger partial charge in [0, 0.05) is 0 Å². The van der Waals surface area contributed by atoms with Crippen LogP contribution >= 0.6 is 22.9 Å². The van der Waals surface area contributed by atoms with Crippen LogP contribution in [-0.4, -0.2) is 21.0 Å². The Morgan fingerprint density at radius 3 is 2.86 bits per heavy atom. The summed E-state index contributed by atoms with van der Waals surface area (Å²) in [5, 5.41) is 9.81. The number of carboxylic acid groups (broad SMARTS) is 1. The van der Waals surface area contributed by atoms with Crippen molar-refractivity contribution in [1.82, 2.24) is 9.97 Å². The smallest absolute Gasteiger partial charge is 0.346 e. The Kier molecular flexibility index (Phi) is 2.13. The van der Waals surface area contributed by atoms with Crippen LogP contribution in [0.25, 0.3) is 10.2 Å². The minimum atomic E-state index is -0.957. The van der Waals surface area contributed by atoms with E-state index in [4.69, 9.17) is 16.7 Å². The Hall–Kier alpha value is -1.20. The van der Waals surface area contributed by atoms with Crippen molar-refractivity contribution in [2.45, 2.75) is 6.92 Å².